The molecular weight excluding hydrogens is 194 g/mol. The number of furan rings is 1. The highest BCUT2D eigenvalue weighted by atomic mass is 16.3. The van der Waals surface area contributed by atoms with Crippen molar-refractivity contribution in [2.45, 2.75) is 13.8 Å². The van der Waals surface area contributed by atoms with Gasteiger partial charge in [-0.05, 0) is 25.5 Å². The predicted octanol–water partition coefficient (Wildman–Crippen LogP) is 1.23. The summed E-state index contributed by atoms with van der Waals surface area (Å²) in [5.41, 5.74) is 6.69. The number of hydrogen-bond donors (Lipinski definition) is 2. The number of hydrogen-bond acceptors (Lipinski definition) is 4. The number of nitrogens with zero attached hydrogens (tertiary/aromatic N) is 1. The third-order valence-electron chi connectivity index (χ3n) is 2.27. The SMILES string of the molecule is Cc1ccoc1-c1nc(N)c(C)c(=O)[nH]1. The Kier molecular flexibility index (Phi) is 2.07. The lowest BCUT2D eigenvalue weighted by Crippen LogP contribution is -2.15. The molecule has 0 fully saturated rings. The lowest BCUT2D eigenvalue weighted by Gasteiger charge is -2.01. The Balaban J connectivity index is 2.66. The van der Waals surface area contributed by atoms with Gasteiger partial charge in [0.25, 0.3) is 5.56 Å². The number of aromatic nitrogens is 2. The van der Waals surface area contributed by atoms with Gasteiger partial charge in [-0.1, -0.05) is 0 Å². The molecule has 2 rings (SSSR count). The summed E-state index contributed by atoms with van der Waals surface area (Å²) >= 11 is 0. The standard InChI is InChI=1S/C10H11N3O2/c1-5-3-4-15-7(5)9-12-8(11)6(2)10(14)13-9/h3-4H,1-2H3,(H3,11,12,13,14). The molecular formula is C10H11N3O2. The molecule has 0 radical (unpaired) electrons. The number of rotatable bonds is 1. The zero-order valence-corrected chi connectivity index (χ0v) is 8.50. The van der Waals surface area contributed by atoms with Gasteiger partial charge in [0.05, 0.1) is 11.8 Å². The van der Waals surface area contributed by atoms with Crippen molar-refractivity contribution in [3.63, 3.8) is 0 Å². The van der Waals surface area contributed by atoms with Crippen LogP contribution in [0.4, 0.5) is 5.82 Å². The van der Waals surface area contributed by atoms with E-state index in [-0.39, 0.29) is 11.4 Å². The minimum Gasteiger partial charge on any atom is -0.461 e. The van der Waals surface area contributed by atoms with Gasteiger partial charge in [0.15, 0.2) is 11.6 Å². The molecule has 0 saturated heterocycles. The number of anilines is 1. The van der Waals surface area contributed by atoms with Crippen LogP contribution in [0.2, 0.25) is 0 Å². The van der Waals surface area contributed by atoms with E-state index in [0.717, 1.165) is 5.56 Å². The van der Waals surface area contributed by atoms with Crippen molar-refractivity contribution in [1.29, 1.82) is 0 Å². The largest absolute Gasteiger partial charge is 0.461 e. The van der Waals surface area contributed by atoms with E-state index >= 15 is 0 Å². The predicted molar refractivity (Wildman–Crippen MR) is 56.4 cm³/mol. The Bertz CT molecular complexity index is 554. The maximum atomic E-state index is 11.4. The van der Waals surface area contributed by atoms with Crippen molar-refractivity contribution >= 4 is 5.82 Å². The number of aromatic amines is 1. The fourth-order valence-corrected chi connectivity index (χ4v) is 1.27. The number of nitrogens with two attached hydrogens (primary N) is 1. The summed E-state index contributed by atoms with van der Waals surface area (Å²) in [6.45, 7) is 3.49. The van der Waals surface area contributed by atoms with Gasteiger partial charge < -0.3 is 15.1 Å². The van der Waals surface area contributed by atoms with Crippen LogP contribution in [0.1, 0.15) is 11.1 Å². The Morgan fingerprint density at radius 3 is 2.73 bits per heavy atom. The lowest BCUT2D eigenvalue weighted by atomic mass is 10.2. The fraction of sp³-hybridized carbons (Fsp3) is 0.200. The maximum absolute atomic E-state index is 11.4. The second-order valence-electron chi connectivity index (χ2n) is 3.36. The maximum Gasteiger partial charge on any atom is 0.256 e. The van der Waals surface area contributed by atoms with Crippen LogP contribution in [0.3, 0.4) is 0 Å². The molecule has 0 aliphatic carbocycles. The molecule has 2 aromatic heterocycles. The first-order chi connectivity index (χ1) is 7.09. The third kappa shape index (κ3) is 1.52. The first kappa shape index (κ1) is 9.51. The van der Waals surface area contributed by atoms with Crippen molar-refractivity contribution < 1.29 is 4.42 Å². The summed E-state index contributed by atoms with van der Waals surface area (Å²) < 4.78 is 5.21. The summed E-state index contributed by atoms with van der Waals surface area (Å²) in [6, 6.07) is 1.80. The second kappa shape index (κ2) is 3.27. The van der Waals surface area contributed by atoms with Gasteiger partial charge >= 0.3 is 0 Å². The summed E-state index contributed by atoms with van der Waals surface area (Å²) in [5.74, 6) is 1.13. The van der Waals surface area contributed by atoms with Gasteiger partial charge in [-0.2, -0.15) is 0 Å². The monoisotopic (exact) mass is 205 g/mol. The average Bonchev–Trinajstić information content (AvgIpc) is 2.60. The van der Waals surface area contributed by atoms with Crippen LogP contribution in [-0.4, -0.2) is 9.97 Å². The number of nitrogen functional groups attached to an aromatic ring is 1. The zero-order valence-electron chi connectivity index (χ0n) is 8.50. The molecule has 0 unspecified atom stereocenters. The molecule has 0 bridgehead atoms. The smallest absolute Gasteiger partial charge is 0.256 e. The van der Waals surface area contributed by atoms with E-state index in [2.05, 4.69) is 9.97 Å². The Morgan fingerprint density at radius 2 is 2.20 bits per heavy atom. The molecule has 0 atom stereocenters. The van der Waals surface area contributed by atoms with Crippen molar-refractivity contribution in [3.8, 4) is 11.6 Å². The molecule has 0 aliphatic rings. The van der Waals surface area contributed by atoms with Crippen LogP contribution < -0.4 is 11.3 Å². The number of nitrogens with one attached hydrogen (secondary N) is 1. The van der Waals surface area contributed by atoms with Crippen molar-refractivity contribution in [2.24, 2.45) is 0 Å². The molecule has 2 aromatic rings. The summed E-state index contributed by atoms with van der Waals surface area (Å²) in [6.07, 6.45) is 1.54. The molecule has 3 N–H and O–H groups in total. The highest BCUT2D eigenvalue weighted by molar-refractivity contribution is 5.54. The van der Waals surface area contributed by atoms with E-state index in [1.54, 1.807) is 19.3 Å². The average molecular weight is 205 g/mol. The van der Waals surface area contributed by atoms with Crippen LogP contribution in [0.5, 0.6) is 0 Å². The van der Waals surface area contributed by atoms with Gasteiger partial charge in [-0.15, -0.1) is 0 Å². The van der Waals surface area contributed by atoms with E-state index in [1.807, 2.05) is 6.92 Å². The van der Waals surface area contributed by atoms with Gasteiger partial charge in [0.1, 0.15) is 5.82 Å². The van der Waals surface area contributed by atoms with Gasteiger partial charge in [0, 0.05) is 0 Å². The van der Waals surface area contributed by atoms with E-state index in [0.29, 0.717) is 17.1 Å². The first-order valence-corrected chi connectivity index (χ1v) is 4.50. The highest BCUT2D eigenvalue weighted by Crippen LogP contribution is 2.20. The third-order valence-corrected chi connectivity index (χ3v) is 2.27. The number of H-pyrrole nitrogens is 1. The van der Waals surface area contributed by atoms with Gasteiger partial charge in [0.2, 0.25) is 0 Å². The topological polar surface area (TPSA) is 84.9 Å². The molecule has 78 valence electrons. The van der Waals surface area contributed by atoms with E-state index in [9.17, 15) is 4.79 Å². The Labute approximate surface area is 86.0 Å². The summed E-state index contributed by atoms with van der Waals surface area (Å²) in [4.78, 5) is 18.1. The zero-order chi connectivity index (χ0) is 11.0. The van der Waals surface area contributed by atoms with Crippen molar-refractivity contribution in [1.82, 2.24) is 9.97 Å². The molecule has 2 heterocycles. The van der Waals surface area contributed by atoms with Crippen molar-refractivity contribution in [2.75, 3.05) is 5.73 Å². The molecule has 15 heavy (non-hydrogen) atoms. The molecule has 5 nitrogen and oxygen atoms in total. The summed E-state index contributed by atoms with van der Waals surface area (Å²) in [7, 11) is 0. The van der Waals surface area contributed by atoms with Gasteiger partial charge in [-0.3, -0.25) is 4.79 Å². The normalized spacial score (nSPS) is 10.5. The second-order valence-corrected chi connectivity index (χ2v) is 3.36. The van der Waals surface area contributed by atoms with Crippen LogP contribution in [0, 0.1) is 13.8 Å². The van der Waals surface area contributed by atoms with Crippen LogP contribution in [-0.2, 0) is 0 Å². The summed E-state index contributed by atoms with van der Waals surface area (Å²) in [5, 5.41) is 0. The Hall–Kier alpha value is -2.04. The van der Waals surface area contributed by atoms with Crippen LogP contribution in [0.25, 0.3) is 11.6 Å². The molecule has 0 spiro atoms. The van der Waals surface area contributed by atoms with Gasteiger partial charge in [-0.25, -0.2) is 4.98 Å². The van der Waals surface area contributed by atoms with Crippen LogP contribution >= 0.6 is 0 Å². The number of aryl methyl sites for hydroxylation is 1. The van der Waals surface area contributed by atoms with E-state index in [1.165, 1.54) is 0 Å². The Morgan fingerprint density at radius 1 is 1.47 bits per heavy atom. The van der Waals surface area contributed by atoms with E-state index < -0.39 is 0 Å². The van der Waals surface area contributed by atoms with Crippen LogP contribution in [0.15, 0.2) is 21.5 Å². The lowest BCUT2D eigenvalue weighted by molar-refractivity contribution is 0.575. The quantitative estimate of drug-likeness (QED) is 0.733. The minimum atomic E-state index is -0.242. The molecule has 0 aliphatic heterocycles. The molecule has 0 saturated carbocycles. The molecule has 5 heteroatoms. The molecule has 0 aromatic carbocycles. The minimum absolute atomic E-state index is 0.226. The molecule has 0 amide bonds. The fourth-order valence-electron chi connectivity index (χ4n) is 1.27. The highest BCUT2D eigenvalue weighted by Gasteiger charge is 2.10. The van der Waals surface area contributed by atoms with E-state index in [4.69, 9.17) is 10.2 Å². The van der Waals surface area contributed by atoms with Crippen molar-refractivity contribution in [3.05, 3.63) is 33.8 Å². The first-order valence-electron chi connectivity index (χ1n) is 4.50.